The van der Waals surface area contributed by atoms with Gasteiger partial charge in [-0.05, 0) is 19.8 Å². The number of hydrogen-bond donors (Lipinski definition) is 1. The smallest absolute Gasteiger partial charge is 0.277 e. The van der Waals surface area contributed by atoms with Gasteiger partial charge in [-0.15, -0.1) is 0 Å². The fraction of sp³-hybridized carbons (Fsp3) is 0.545. The Labute approximate surface area is 99.2 Å². The highest BCUT2D eigenvalue weighted by Gasteiger charge is 2.16. The van der Waals surface area contributed by atoms with Crippen molar-refractivity contribution in [2.75, 3.05) is 18.5 Å². The summed E-state index contributed by atoms with van der Waals surface area (Å²) in [6.45, 7) is 3.12. The first-order valence-corrected chi connectivity index (χ1v) is 5.63. The van der Waals surface area contributed by atoms with Crippen molar-refractivity contribution in [3.63, 3.8) is 0 Å². The number of aromatic nitrogens is 1. The van der Waals surface area contributed by atoms with Crippen LogP contribution in [-0.4, -0.2) is 29.2 Å². The van der Waals surface area contributed by atoms with E-state index in [1.165, 1.54) is 12.3 Å². The number of nitrogens with one attached hydrogen (secondary N) is 1. The maximum absolute atomic E-state index is 10.8. The Hall–Kier alpha value is -1.69. The second kappa shape index (κ2) is 5.09. The molecule has 1 unspecified atom stereocenters. The summed E-state index contributed by atoms with van der Waals surface area (Å²) in [4.78, 5) is 14.5. The Balaban J connectivity index is 2.00. The minimum Gasteiger partial charge on any atom is -0.376 e. The van der Waals surface area contributed by atoms with E-state index in [9.17, 15) is 10.1 Å². The van der Waals surface area contributed by atoms with E-state index < -0.39 is 4.92 Å². The number of nitrogens with zero attached hydrogens (tertiary/aromatic N) is 2. The number of aryl methyl sites for hydroxylation is 1. The van der Waals surface area contributed by atoms with Crippen LogP contribution in [0.25, 0.3) is 0 Å². The third kappa shape index (κ3) is 2.91. The van der Waals surface area contributed by atoms with Crippen LogP contribution in [0.2, 0.25) is 0 Å². The molecule has 1 aliphatic rings. The monoisotopic (exact) mass is 237 g/mol. The van der Waals surface area contributed by atoms with Crippen molar-refractivity contribution in [1.82, 2.24) is 4.98 Å². The highest BCUT2D eigenvalue weighted by Crippen LogP contribution is 2.20. The zero-order chi connectivity index (χ0) is 12.3. The molecule has 0 aliphatic carbocycles. The first-order valence-electron chi connectivity index (χ1n) is 5.63. The SMILES string of the molecule is Cc1cnc(NCC2CCCO2)cc1[N+](=O)[O-]. The Morgan fingerprint density at radius 3 is 3.18 bits per heavy atom. The second-order valence-corrected chi connectivity index (χ2v) is 4.13. The molecular formula is C11H15N3O3. The standard InChI is InChI=1S/C11H15N3O3/c1-8-6-12-11(5-10(8)14(15)16)13-7-9-3-2-4-17-9/h5-6,9H,2-4,7H2,1H3,(H,12,13). The van der Waals surface area contributed by atoms with Crippen LogP contribution in [0.3, 0.4) is 0 Å². The molecule has 1 aliphatic heterocycles. The number of hydrogen-bond acceptors (Lipinski definition) is 5. The topological polar surface area (TPSA) is 77.3 Å². The minimum atomic E-state index is -0.395. The third-order valence-corrected chi connectivity index (χ3v) is 2.81. The molecule has 6 nitrogen and oxygen atoms in total. The van der Waals surface area contributed by atoms with Crippen molar-refractivity contribution >= 4 is 11.5 Å². The summed E-state index contributed by atoms with van der Waals surface area (Å²) >= 11 is 0. The average Bonchev–Trinajstić information content (AvgIpc) is 2.80. The summed E-state index contributed by atoms with van der Waals surface area (Å²) in [6, 6.07) is 1.46. The van der Waals surface area contributed by atoms with E-state index in [2.05, 4.69) is 10.3 Å². The fourth-order valence-electron chi connectivity index (χ4n) is 1.83. The largest absolute Gasteiger partial charge is 0.376 e. The van der Waals surface area contributed by atoms with Crippen molar-refractivity contribution in [3.05, 3.63) is 27.9 Å². The number of nitro groups is 1. The summed E-state index contributed by atoms with van der Waals surface area (Å²) in [7, 11) is 0. The predicted molar refractivity (Wildman–Crippen MR) is 63.1 cm³/mol. The lowest BCUT2D eigenvalue weighted by atomic mass is 10.2. The fourth-order valence-corrected chi connectivity index (χ4v) is 1.83. The van der Waals surface area contributed by atoms with Gasteiger partial charge in [-0.3, -0.25) is 10.1 Å². The van der Waals surface area contributed by atoms with Gasteiger partial charge in [0.2, 0.25) is 0 Å². The molecule has 2 heterocycles. The molecule has 0 saturated carbocycles. The summed E-state index contributed by atoms with van der Waals surface area (Å²) in [5.74, 6) is 0.526. The predicted octanol–water partition coefficient (Wildman–Crippen LogP) is 1.89. The molecule has 2 rings (SSSR count). The van der Waals surface area contributed by atoms with Gasteiger partial charge in [0.1, 0.15) is 5.82 Å². The van der Waals surface area contributed by atoms with E-state index in [-0.39, 0.29) is 11.8 Å². The van der Waals surface area contributed by atoms with Crippen LogP contribution in [-0.2, 0) is 4.74 Å². The van der Waals surface area contributed by atoms with Gasteiger partial charge in [0.25, 0.3) is 5.69 Å². The zero-order valence-corrected chi connectivity index (χ0v) is 9.68. The summed E-state index contributed by atoms with van der Waals surface area (Å²) in [5, 5.41) is 13.8. The Bertz CT molecular complexity index is 416. The molecular weight excluding hydrogens is 222 g/mol. The minimum absolute atomic E-state index is 0.0924. The lowest BCUT2D eigenvalue weighted by Crippen LogP contribution is -2.19. The first kappa shape index (κ1) is 11.8. The highest BCUT2D eigenvalue weighted by molar-refractivity contribution is 5.48. The number of anilines is 1. The van der Waals surface area contributed by atoms with Gasteiger partial charge in [0.15, 0.2) is 0 Å². The van der Waals surface area contributed by atoms with E-state index >= 15 is 0 Å². The average molecular weight is 237 g/mol. The van der Waals surface area contributed by atoms with Crippen LogP contribution in [0.4, 0.5) is 11.5 Å². The quantitative estimate of drug-likeness (QED) is 0.639. The van der Waals surface area contributed by atoms with Gasteiger partial charge in [0.05, 0.1) is 17.1 Å². The molecule has 92 valence electrons. The van der Waals surface area contributed by atoms with Crippen LogP contribution in [0.15, 0.2) is 12.3 Å². The maximum atomic E-state index is 10.8. The molecule has 0 spiro atoms. The third-order valence-electron chi connectivity index (χ3n) is 2.81. The summed E-state index contributed by atoms with van der Waals surface area (Å²) < 4.78 is 5.45. The Morgan fingerprint density at radius 2 is 2.53 bits per heavy atom. The molecule has 17 heavy (non-hydrogen) atoms. The normalized spacial score (nSPS) is 19.2. The molecule has 1 saturated heterocycles. The maximum Gasteiger partial charge on any atom is 0.277 e. The van der Waals surface area contributed by atoms with Crippen molar-refractivity contribution in [1.29, 1.82) is 0 Å². The van der Waals surface area contributed by atoms with Gasteiger partial charge in [-0.1, -0.05) is 0 Å². The summed E-state index contributed by atoms with van der Waals surface area (Å²) in [5.41, 5.74) is 0.660. The lowest BCUT2D eigenvalue weighted by molar-refractivity contribution is -0.385. The van der Waals surface area contributed by atoms with Gasteiger partial charge < -0.3 is 10.1 Å². The van der Waals surface area contributed by atoms with Crippen molar-refractivity contribution in [2.45, 2.75) is 25.9 Å². The van der Waals surface area contributed by atoms with E-state index in [0.717, 1.165) is 19.4 Å². The molecule has 0 aromatic carbocycles. The first-order chi connectivity index (χ1) is 8.16. The second-order valence-electron chi connectivity index (χ2n) is 4.13. The van der Waals surface area contributed by atoms with E-state index in [0.29, 0.717) is 17.9 Å². The number of rotatable bonds is 4. The Morgan fingerprint density at radius 1 is 1.71 bits per heavy atom. The number of ether oxygens (including phenoxy) is 1. The molecule has 1 fully saturated rings. The van der Waals surface area contributed by atoms with Crippen LogP contribution >= 0.6 is 0 Å². The van der Waals surface area contributed by atoms with Gasteiger partial charge in [-0.25, -0.2) is 4.98 Å². The van der Waals surface area contributed by atoms with Crippen LogP contribution in [0.1, 0.15) is 18.4 Å². The van der Waals surface area contributed by atoms with Crippen LogP contribution in [0.5, 0.6) is 0 Å². The van der Waals surface area contributed by atoms with E-state index in [4.69, 9.17) is 4.74 Å². The molecule has 1 aromatic rings. The van der Waals surface area contributed by atoms with Crippen molar-refractivity contribution in [2.24, 2.45) is 0 Å². The zero-order valence-electron chi connectivity index (χ0n) is 9.68. The van der Waals surface area contributed by atoms with E-state index in [1.54, 1.807) is 6.92 Å². The number of pyridine rings is 1. The molecule has 0 bridgehead atoms. The Kier molecular flexibility index (Phi) is 3.53. The van der Waals surface area contributed by atoms with Crippen molar-refractivity contribution < 1.29 is 9.66 Å². The van der Waals surface area contributed by atoms with Crippen molar-refractivity contribution in [3.8, 4) is 0 Å². The van der Waals surface area contributed by atoms with Crippen LogP contribution < -0.4 is 5.32 Å². The molecule has 1 aromatic heterocycles. The highest BCUT2D eigenvalue weighted by atomic mass is 16.6. The molecule has 6 heteroatoms. The molecule has 1 atom stereocenters. The van der Waals surface area contributed by atoms with Gasteiger partial charge >= 0.3 is 0 Å². The lowest BCUT2D eigenvalue weighted by Gasteiger charge is -2.11. The molecule has 0 radical (unpaired) electrons. The van der Waals surface area contributed by atoms with Crippen LogP contribution in [0, 0.1) is 17.0 Å². The summed E-state index contributed by atoms with van der Waals surface area (Å²) in [6.07, 6.45) is 3.81. The molecule has 0 amide bonds. The molecule has 1 N–H and O–H groups in total. The van der Waals surface area contributed by atoms with Gasteiger partial charge in [0, 0.05) is 24.9 Å². The van der Waals surface area contributed by atoms with Gasteiger partial charge in [-0.2, -0.15) is 0 Å². The van der Waals surface area contributed by atoms with E-state index in [1.807, 2.05) is 0 Å².